The lowest BCUT2D eigenvalue weighted by Gasteiger charge is -2.35. The lowest BCUT2D eigenvalue weighted by Crippen LogP contribution is -2.49. The summed E-state index contributed by atoms with van der Waals surface area (Å²) in [7, 11) is 0. The van der Waals surface area contributed by atoms with Crippen molar-refractivity contribution in [2.45, 2.75) is 76.7 Å². The van der Waals surface area contributed by atoms with Gasteiger partial charge in [0.25, 0.3) is 0 Å². The van der Waals surface area contributed by atoms with E-state index in [1.54, 1.807) is 0 Å². The smallest absolute Gasteiger partial charge is 0.220 e. The van der Waals surface area contributed by atoms with Crippen LogP contribution in [0.3, 0.4) is 0 Å². The second kappa shape index (κ2) is 21.3. The Morgan fingerprint density at radius 3 is 1.54 bits per heavy atom. The first kappa shape index (κ1) is 31.9. The van der Waals surface area contributed by atoms with Crippen molar-refractivity contribution in [1.82, 2.24) is 5.32 Å². The number of carbonyl (C=O) groups is 1. The maximum Gasteiger partial charge on any atom is 0.220 e. The number of halogens is 3. The Balaban J connectivity index is -0.000000667. The van der Waals surface area contributed by atoms with Gasteiger partial charge in [0.05, 0.1) is 0 Å². The standard InChI is InChI=1S/C16H36N4O.3ClH/c1-2-3-4-8-15(21)20-16(9-5-12-17,10-6-13-18)11-7-14-19;;;/h2-14,17-19H2,1H3,(H,20,21);3*1H. The van der Waals surface area contributed by atoms with Gasteiger partial charge in [0.1, 0.15) is 0 Å². The molecule has 0 aromatic carbocycles. The molecule has 0 aliphatic carbocycles. The van der Waals surface area contributed by atoms with Crippen LogP contribution in [0, 0.1) is 0 Å². The van der Waals surface area contributed by atoms with Crippen molar-refractivity contribution in [3.8, 4) is 0 Å². The Kier molecular flexibility index (Phi) is 28.3. The Bertz CT molecular complexity index is 250. The molecule has 0 aromatic heterocycles. The molecule has 0 rings (SSSR count). The highest BCUT2D eigenvalue weighted by molar-refractivity contribution is 5.86. The third-order valence-corrected chi connectivity index (χ3v) is 3.99. The average molecular weight is 410 g/mol. The van der Waals surface area contributed by atoms with Gasteiger partial charge in [-0.05, 0) is 64.6 Å². The molecule has 150 valence electrons. The normalized spacial score (nSPS) is 10.2. The predicted molar refractivity (Wildman–Crippen MR) is 112 cm³/mol. The summed E-state index contributed by atoms with van der Waals surface area (Å²) < 4.78 is 0. The summed E-state index contributed by atoms with van der Waals surface area (Å²) >= 11 is 0. The minimum atomic E-state index is -0.165. The molecule has 0 aromatic rings. The summed E-state index contributed by atoms with van der Waals surface area (Å²) in [6, 6.07) is 0. The molecule has 0 heterocycles. The Labute approximate surface area is 166 Å². The van der Waals surface area contributed by atoms with Gasteiger partial charge in [-0.2, -0.15) is 0 Å². The maximum atomic E-state index is 12.2. The Morgan fingerprint density at radius 2 is 1.21 bits per heavy atom. The molecule has 8 heteroatoms. The van der Waals surface area contributed by atoms with E-state index in [0.717, 1.165) is 57.8 Å². The van der Waals surface area contributed by atoms with Crippen LogP contribution in [-0.4, -0.2) is 31.1 Å². The Hall–Kier alpha value is 0.220. The molecule has 1 amide bonds. The monoisotopic (exact) mass is 408 g/mol. The number of nitrogens with two attached hydrogens (primary N) is 3. The van der Waals surface area contributed by atoms with Crippen LogP contribution in [0.4, 0.5) is 0 Å². The molecule has 5 nitrogen and oxygen atoms in total. The van der Waals surface area contributed by atoms with E-state index in [2.05, 4.69) is 12.2 Å². The van der Waals surface area contributed by atoms with Gasteiger partial charge in [0.15, 0.2) is 0 Å². The van der Waals surface area contributed by atoms with Crippen molar-refractivity contribution in [3.63, 3.8) is 0 Å². The third-order valence-electron chi connectivity index (χ3n) is 3.99. The van der Waals surface area contributed by atoms with Crippen LogP contribution >= 0.6 is 37.2 Å². The van der Waals surface area contributed by atoms with E-state index >= 15 is 0 Å². The largest absolute Gasteiger partial charge is 0.351 e. The summed E-state index contributed by atoms with van der Waals surface area (Å²) in [5.74, 6) is 0.162. The number of nitrogens with one attached hydrogen (secondary N) is 1. The third kappa shape index (κ3) is 15.7. The molecule has 24 heavy (non-hydrogen) atoms. The SMILES string of the molecule is CCCCCC(=O)NC(CCCN)(CCCN)CCCN.Cl.Cl.Cl. The molecule has 0 unspecified atom stereocenters. The first-order valence-electron chi connectivity index (χ1n) is 8.55. The lowest BCUT2D eigenvalue weighted by atomic mass is 9.83. The van der Waals surface area contributed by atoms with Crippen molar-refractivity contribution >= 4 is 43.1 Å². The minimum absolute atomic E-state index is 0. The van der Waals surface area contributed by atoms with Crippen LogP contribution in [0.1, 0.15) is 71.1 Å². The zero-order chi connectivity index (χ0) is 16.0. The van der Waals surface area contributed by atoms with Crippen LogP contribution in [0.25, 0.3) is 0 Å². The van der Waals surface area contributed by atoms with E-state index in [-0.39, 0.29) is 48.7 Å². The molecule has 0 spiro atoms. The van der Waals surface area contributed by atoms with Gasteiger partial charge in [0, 0.05) is 12.0 Å². The quantitative estimate of drug-likeness (QED) is 0.331. The molecule has 0 aliphatic rings. The van der Waals surface area contributed by atoms with Gasteiger partial charge in [0.2, 0.25) is 5.91 Å². The number of hydrogen-bond acceptors (Lipinski definition) is 4. The van der Waals surface area contributed by atoms with Gasteiger partial charge in [-0.25, -0.2) is 0 Å². The number of unbranched alkanes of at least 4 members (excludes halogenated alkanes) is 2. The first-order valence-corrected chi connectivity index (χ1v) is 8.55. The van der Waals surface area contributed by atoms with Gasteiger partial charge in [-0.3, -0.25) is 4.79 Å². The summed E-state index contributed by atoms with van der Waals surface area (Å²) in [6.45, 7) is 4.10. The van der Waals surface area contributed by atoms with E-state index in [4.69, 9.17) is 17.2 Å². The Morgan fingerprint density at radius 1 is 0.792 bits per heavy atom. The molecule has 0 bridgehead atoms. The highest BCUT2D eigenvalue weighted by Gasteiger charge is 2.29. The van der Waals surface area contributed by atoms with Gasteiger partial charge in [-0.1, -0.05) is 19.8 Å². The molecule has 0 aliphatic heterocycles. The minimum Gasteiger partial charge on any atom is -0.351 e. The number of carbonyl (C=O) groups excluding carboxylic acids is 1. The molecule has 0 radical (unpaired) electrons. The van der Waals surface area contributed by atoms with Crippen LogP contribution in [0.2, 0.25) is 0 Å². The summed E-state index contributed by atoms with van der Waals surface area (Å²) in [4.78, 5) is 12.2. The number of hydrogen-bond donors (Lipinski definition) is 4. The topological polar surface area (TPSA) is 107 Å². The second-order valence-electron chi connectivity index (χ2n) is 5.96. The van der Waals surface area contributed by atoms with Gasteiger partial charge < -0.3 is 22.5 Å². The highest BCUT2D eigenvalue weighted by atomic mass is 35.5. The molecule has 7 N–H and O–H groups in total. The summed E-state index contributed by atoms with van der Waals surface area (Å²) in [5, 5.41) is 3.29. The van der Waals surface area contributed by atoms with Crippen LogP contribution < -0.4 is 22.5 Å². The molecule has 0 saturated carbocycles. The van der Waals surface area contributed by atoms with Crippen LogP contribution in [0.15, 0.2) is 0 Å². The predicted octanol–water partition coefficient (Wildman–Crippen LogP) is 2.90. The lowest BCUT2D eigenvalue weighted by molar-refractivity contribution is -0.123. The summed E-state index contributed by atoms with van der Waals surface area (Å²) in [6.07, 6.45) is 9.33. The van der Waals surface area contributed by atoms with E-state index in [9.17, 15) is 4.79 Å². The number of rotatable bonds is 14. The van der Waals surface area contributed by atoms with Crippen LogP contribution in [-0.2, 0) is 4.79 Å². The van der Waals surface area contributed by atoms with E-state index in [1.165, 1.54) is 0 Å². The fourth-order valence-electron chi connectivity index (χ4n) is 2.78. The average Bonchev–Trinajstić information content (AvgIpc) is 2.49. The van der Waals surface area contributed by atoms with Gasteiger partial charge >= 0.3 is 0 Å². The van der Waals surface area contributed by atoms with E-state index < -0.39 is 0 Å². The first-order chi connectivity index (χ1) is 10.1. The molecule has 0 fully saturated rings. The van der Waals surface area contributed by atoms with Crippen molar-refractivity contribution in [2.24, 2.45) is 17.2 Å². The zero-order valence-corrected chi connectivity index (χ0v) is 17.5. The number of amides is 1. The second-order valence-corrected chi connectivity index (χ2v) is 5.96. The molecular weight excluding hydrogens is 371 g/mol. The van der Waals surface area contributed by atoms with Crippen LogP contribution in [0.5, 0.6) is 0 Å². The fourth-order valence-corrected chi connectivity index (χ4v) is 2.78. The van der Waals surface area contributed by atoms with E-state index in [1.807, 2.05) is 0 Å². The molecular formula is C16H39Cl3N4O. The maximum absolute atomic E-state index is 12.2. The van der Waals surface area contributed by atoms with Crippen molar-refractivity contribution in [3.05, 3.63) is 0 Å². The van der Waals surface area contributed by atoms with Crippen molar-refractivity contribution in [2.75, 3.05) is 19.6 Å². The fraction of sp³-hybridized carbons (Fsp3) is 0.938. The van der Waals surface area contributed by atoms with E-state index in [0.29, 0.717) is 26.1 Å². The summed E-state index contributed by atoms with van der Waals surface area (Å²) in [5.41, 5.74) is 16.8. The van der Waals surface area contributed by atoms with Gasteiger partial charge in [-0.15, -0.1) is 37.2 Å². The molecule has 0 atom stereocenters. The zero-order valence-electron chi connectivity index (χ0n) is 15.1. The van der Waals surface area contributed by atoms with Crippen molar-refractivity contribution in [1.29, 1.82) is 0 Å². The molecule has 0 saturated heterocycles. The van der Waals surface area contributed by atoms with Crippen molar-refractivity contribution < 1.29 is 4.79 Å². The highest BCUT2D eigenvalue weighted by Crippen LogP contribution is 2.25.